The van der Waals surface area contributed by atoms with Gasteiger partial charge in [-0.15, -0.1) is 0 Å². The number of hydrogen-bond donors (Lipinski definition) is 1. The molecule has 2 rings (SSSR count). The third-order valence-electron chi connectivity index (χ3n) is 4.64. The third kappa shape index (κ3) is 4.28. The van der Waals surface area contributed by atoms with E-state index in [0.29, 0.717) is 18.5 Å². The second-order valence-electron chi connectivity index (χ2n) is 6.32. The molecule has 6 heteroatoms. The largest absolute Gasteiger partial charge is 0.481 e. The highest BCUT2D eigenvalue weighted by Crippen LogP contribution is 2.27. The normalized spacial score (nSPS) is 28.3. The van der Waals surface area contributed by atoms with E-state index >= 15 is 0 Å². The second kappa shape index (κ2) is 7.38. The molecular formula is C15H26N2O3S. The van der Waals surface area contributed by atoms with Crippen LogP contribution in [0.3, 0.4) is 0 Å². The molecule has 0 bridgehead atoms. The van der Waals surface area contributed by atoms with Gasteiger partial charge in [-0.25, -0.2) is 4.79 Å². The molecule has 2 aliphatic rings. The van der Waals surface area contributed by atoms with Gasteiger partial charge in [0.25, 0.3) is 0 Å². The second-order valence-corrected chi connectivity index (χ2v) is 7.47. The standard InChI is InChI=1S/C15H26N2O3S/c1-11(8-14(18)19)13-4-3-5-16(9-13)15(20)17-6-7-21-10-12(17)2/h11-13H,3-10H2,1-2H3,(H,18,19). The van der Waals surface area contributed by atoms with E-state index in [4.69, 9.17) is 5.11 Å². The molecule has 120 valence electrons. The average Bonchev–Trinajstić information content (AvgIpc) is 2.46. The zero-order valence-corrected chi connectivity index (χ0v) is 13.8. The number of carboxylic acid groups (broad SMARTS) is 1. The summed E-state index contributed by atoms with van der Waals surface area (Å²) in [7, 11) is 0. The number of carbonyl (C=O) groups excluding carboxylic acids is 1. The molecule has 0 aromatic rings. The monoisotopic (exact) mass is 314 g/mol. The Bertz CT molecular complexity index is 391. The molecule has 2 heterocycles. The zero-order valence-electron chi connectivity index (χ0n) is 13.0. The fraction of sp³-hybridized carbons (Fsp3) is 0.867. The molecule has 3 unspecified atom stereocenters. The molecule has 21 heavy (non-hydrogen) atoms. The van der Waals surface area contributed by atoms with Crippen LogP contribution in [0.1, 0.15) is 33.1 Å². The van der Waals surface area contributed by atoms with Gasteiger partial charge in [0.05, 0.1) is 0 Å². The van der Waals surface area contributed by atoms with E-state index in [1.54, 1.807) is 0 Å². The third-order valence-corrected chi connectivity index (χ3v) is 5.83. The van der Waals surface area contributed by atoms with E-state index < -0.39 is 5.97 Å². The van der Waals surface area contributed by atoms with Crippen molar-refractivity contribution in [3.63, 3.8) is 0 Å². The molecule has 2 amide bonds. The molecule has 0 aromatic carbocycles. The topological polar surface area (TPSA) is 60.9 Å². The zero-order chi connectivity index (χ0) is 15.4. The van der Waals surface area contributed by atoms with Gasteiger partial charge in [-0.05, 0) is 31.6 Å². The number of nitrogens with zero attached hydrogens (tertiary/aromatic N) is 2. The van der Waals surface area contributed by atoms with Crippen molar-refractivity contribution >= 4 is 23.8 Å². The van der Waals surface area contributed by atoms with Crippen molar-refractivity contribution in [1.82, 2.24) is 9.80 Å². The molecule has 0 saturated carbocycles. The summed E-state index contributed by atoms with van der Waals surface area (Å²) in [5.41, 5.74) is 0. The summed E-state index contributed by atoms with van der Waals surface area (Å²) in [6.45, 7) is 6.46. The molecule has 0 spiro atoms. The number of carbonyl (C=O) groups is 2. The highest BCUT2D eigenvalue weighted by molar-refractivity contribution is 7.99. The number of thioether (sulfide) groups is 1. The number of hydrogen-bond acceptors (Lipinski definition) is 3. The fourth-order valence-corrected chi connectivity index (χ4v) is 4.30. The molecule has 0 radical (unpaired) electrons. The van der Waals surface area contributed by atoms with Gasteiger partial charge in [0.15, 0.2) is 0 Å². The van der Waals surface area contributed by atoms with Gasteiger partial charge < -0.3 is 14.9 Å². The van der Waals surface area contributed by atoms with Crippen molar-refractivity contribution in [3.8, 4) is 0 Å². The molecule has 0 aromatic heterocycles. The van der Waals surface area contributed by atoms with Gasteiger partial charge in [0.2, 0.25) is 0 Å². The summed E-state index contributed by atoms with van der Waals surface area (Å²) >= 11 is 1.91. The predicted molar refractivity (Wildman–Crippen MR) is 84.6 cm³/mol. The van der Waals surface area contributed by atoms with Crippen molar-refractivity contribution < 1.29 is 14.7 Å². The van der Waals surface area contributed by atoms with Crippen LogP contribution in [0.15, 0.2) is 0 Å². The summed E-state index contributed by atoms with van der Waals surface area (Å²) in [6, 6.07) is 0.447. The molecule has 2 saturated heterocycles. The maximum atomic E-state index is 12.7. The van der Waals surface area contributed by atoms with Gasteiger partial charge in [0, 0.05) is 43.6 Å². The van der Waals surface area contributed by atoms with Crippen molar-refractivity contribution in [2.75, 3.05) is 31.1 Å². The van der Waals surface area contributed by atoms with Crippen molar-refractivity contribution in [2.45, 2.75) is 39.2 Å². The van der Waals surface area contributed by atoms with Gasteiger partial charge >= 0.3 is 12.0 Å². The Morgan fingerprint density at radius 1 is 1.38 bits per heavy atom. The Morgan fingerprint density at radius 3 is 2.81 bits per heavy atom. The Labute approximate surface area is 131 Å². The minimum Gasteiger partial charge on any atom is -0.481 e. The van der Waals surface area contributed by atoms with Crippen LogP contribution in [0.5, 0.6) is 0 Å². The molecule has 1 N–H and O–H groups in total. The lowest BCUT2D eigenvalue weighted by Gasteiger charge is -2.41. The van der Waals surface area contributed by atoms with Crippen LogP contribution in [0.25, 0.3) is 0 Å². The summed E-state index contributed by atoms with van der Waals surface area (Å²) in [6.07, 6.45) is 2.21. The van der Waals surface area contributed by atoms with Gasteiger partial charge in [-0.3, -0.25) is 4.79 Å². The van der Waals surface area contributed by atoms with E-state index in [1.807, 2.05) is 28.5 Å². The summed E-state index contributed by atoms with van der Waals surface area (Å²) in [4.78, 5) is 27.5. The van der Waals surface area contributed by atoms with Crippen LogP contribution in [-0.2, 0) is 4.79 Å². The van der Waals surface area contributed by atoms with Gasteiger partial charge in [-0.1, -0.05) is 6.92 Å². The number of rotatable bonds is 3. The van der Waals surface area contributed by atoms with Gasteiger partial charge in [0.1, 0.15) is 0 Å². The molecule has 2 fully saturated rings. The Morgan fingerprint density at radius 2 is 2.14 bits per heavy atom. The first-order valence-corrected chi connectivity index (χ1v) is 8.99. The van der Waals surface area contributed by atoms with Crippen molar-refractivity contribution in [2.24, 2.45) is 11.8 Å². The Hall–Kier alpha value is -0.910. The van der Waals surface area contributed by atoms with Crippen LogP contribution in [-0.4, -0.2) is 64.1 Å². The molecule has 3 atom stereocenters. The predicted octanol–water partition coefficient (Wildman–Crippen LogP) is 2.37. The minimum absolute atomic E-state index is 0.132. The van der Waals surface area contributed by atoms with Crippen LogP contribution in [0, 0.1) is 11.8 Å². The maximum absolute atomic E-state index is 12.7. The number of carboxylic acids is 1. The highest BCUT2D eigenvalue weighted by atomic mass is 32.2. The number of aliphatic carboxylic acids is 1. The number of urea groups is 1. The summed E-state index contributed by atoms with van der Waals surface area (Å²) in [5.74, 6) is 1.73. The average molecular weight is 314 g/mol. The highest BCUT2D eigenvalue weighted by Gasteiger charge is 2.32. The summed E-state index contributed by atoms with van der Waals surface area (Å²) in [5, 5.41) is 8.94. The van der Waals surface area contributed by atoms with E-state index in [9.17, 15) is 9.59 Å². The van der Waals surface area contributed by atoms with Crippen LogP contribution in [0.2, 0.25) is 0 Å². The molecular weight excluding hydrogens is 288 g/mol. The molecule has 2 aliphatic heterocycles. The van der Waals surface area contributed by atoms with Crippen LogP contribution < -0.4 is 0 Å². The maximum Gasteiger partial charge on any atom is 0.320 e. The first kappa shape index (κ1) is 16.5. The van der Waals surface area contributed by atoms with E-state index in [-0.39, 0.29) is 18.4 Å². The van der Waals surface area contributed by atoms with E-state index in [2.05, 4.69) is 6.92 Å². The smallest absolute Gasteiger partial charge is 0.320 e. The minimum atomic E-state index is -0.743. The van der Waals surface area contributed by atoms with Crippen LogP contribution in [0.4, 0.5) is 4.79 Å². The van der Waals surface area contributed by atoms with E-state index in [0.717, 1.165) is 37.4 Å². The Balaban J connectivity index is 1.93. The number of amides is 2. The summed E-state index contributed by atoms with van der Waals surface area (Å²) < 4.78 is 0. The lowest BCUT2D eigenvalue weighted by Crippen LogP contribution is -2.53. The lowest BCUT2D eigenvalue weighted by molar-refractivity contribution is -0.138. The van der Waals surface area contributed by atoms with Crippen molar-refractivity contribution in [1.29, 1.82) is 0 Å². The SMILES string of the molecule is CC(CC(=O)O)C1CCCN(C(=O)N2CCSCC2C)C1. The molecule has 0 aliphatic carbocycles. The van der Waals surface area contributed by atoms with E-state index in [1.165, 1.54) is 0 Å². The first-order chi connectivity index (χ1) is 9.99. The fourth-order valence-electron chi connectivity index (χ4n) is 3.28. The van der Waals surface area contributed by atoms with Crippen LogP contribution >= 0.6 is 11.8 Å². The first-order valence-electron chi connectivity index (χ1n) is 7.84. The number of likely N-dealkylation sites (tertiary alicyclic amines) is 1. The quantitative estimate of drug-likeness (QED) is 0.869. The lowest BCUT2D eigenvalue weighted by atomic mass is 9.85. The van der Waals surface area contributed by atoms with Gasteiger partial charge in [-0.2, -0.15) is 11.8 Å². The Kier molecular flexibility index (Phi) is 5.79. The molecule has 5 nitrogen and oxygen atoms in total. The number of piperidine rings is 1. The van der Waals surface area contributed by atoms with Crippen molar-refractivity contribution in [3.05, 3.63) is 0 Å².